The molecule has 0 unspecified atom stereocenters. The molecule has 0 spiro atoms. The van der Waals surface area contributed by atoms with Crippen LogP contribution in [0.5, 0.6) is 17.2 Å². The number of rotatable bonds is 3. The number of nitrogens with zero attached hydrogens (tertiary/aromatic N) is 2. The molecule has 3 aliphatic heterocycles. The lowest BCUT2D eigenvalue weighted by Crippen LogP contribution is -2.33. The number of fused-ring (bicyclic) bond motifs is 4. The Morgan fingerprint density at radius 1 is 0.903 bits per heavy atom. The molecule has 0 saturated heterocycles. The van der Waals surface area contributed by atoms with Crippen molar-refractivity contribution in [2.75, 3.05) is 6.79 Å². The maximum atomic E-state index is 6.46. The Kier molecular flexibility index (Phi) is 4.16. The monoisotopic (exact) mass is 412 g/mol. The number of hydrogen-bond acceptors (Lipinski definition) is 5. The van der Waals surface area contributed by atoms with Crippen LogP contribution in [-0.2, 0) is 0 Å². The molecular formula is C26H24N2O3. The van der Waals surface area contributed by atoms with E-state index in [4.69, 9.17) is 19.3 Å². The molecule has 31 heavy (non-hydrogen) atoms. The molecule has 156 valence electrons. The van der Waals surface area contributed by atoms with Crippen LogP contribution in [0.25, 0.3) is 0 Å². The van der Waals surface area contributed by atoms with E-state index in [1.165, 1.54) is 11.1 Å². The van der Waals surface area contributed by atoms with Gasteiger partial charge >= 0.3 is 0 Å². The van der Waals surface area contributed by atoms with Crippen molar-refractivity contribution in [1.82, 2.24) is 5.01 Å². The van der Waals surface area contributed by atoms with Gasteiger partial charge in [-0.3, -0.25) is 0 Å². The fourth-order valence-electron chi connectivity index (χ4n) is 4.55. The van der Waals surface area contributed by atoms with Gasteiger partial charge in [0.05, 0.1) is 11.8 Å². The SMILES string of the molecule is CC(C)c1ccc([C@@H]2Oc3ccccc3[C@@H]3CC(c4ccc5c(c4)OCO5)=NN32)cc1. The van der Waals surface area contributed by atoms with Gasteiger partial charge < -0.3 is 14.2 Å². The molecule has 0 N–H and O–H groups in total. The van der Waals surface area contributed by atoms with Gasteiger partial charge in [-0.2, -0.15) is 5.10 Å². The second kappa shape index (κ2) is 7.05. The van der Waals surface area contributed by atoms with Crippen LogP contribution in [0.4, 0.5) is 0 Å². The highest BCUT2D eigenvalue weighted by Crippen LogP contribution is 2.48. The van der Waals surface area contributed by atoms with E-state index < -0.39 is 0 Å². The van der Waals surface area contributed by atoms with Gasteiger partial charge in [-0.15, -0.1) is 0 Å². The fraction of sp³-hybridized carbons (Fsp3) is 0.269. The van der Waals surface area contributed by atoms with Crippen molar-refractivity contribution in [1.29, 1.82) is 0 Å². The Labute approximate surface area is 181 Å². The summed E-state index contributed by atoms with van der Waals surface area (Å²) < 4.78 is 17.5. The minimum Gasteiger partial charge on any atom is -0.464 e. The first kappa shape index (κ1) is 18.3. The largest absolute Gasteiger partial charge is 0.464 e. The summed E-state index contributed by atoms with van der Waals surface area (Å²) >= 11 is 0. The summed E-state index contributed by atoms with van der Waals surface area (Å²) in [6, 6.07) is 23.2. The number of benzene rings is 3. The molecule has 0 aromatic heterocycles. The Hall–Kier alpha value is -3.47. The highest BCUT2D eigenvalue weighted by Gasteiger charge is 2.41. The zero-order chi connectivity index (χ0) is 20.9. The number of para-hydroxylation sites is 1. The third kappa shape index (κ3) is 3.03. The maximum Gasteiger partial charge on any atom is 0.231 e. The molecular weight excluding hydrogens is 388 g/mol. The van der Waals surface area contributed by atoms with Crippen LogP contribution in [0, 0.1) is 0 Å². The van der Waals surface area contributed by atoms with E-state index in [2.05, 4.69) is 67.4 Å². The number of hydrazone groups is 1. The van der Waals surface area contributed by atoms with Crippen molar-refractivity contribution in [3.05, 3.63) is 89.0 Å². The van der Waals surface area contributed by atoms with E-state index >= 15 is 0 Å². The number of hydrogen-bond donors (Lipinski definition) is 0. The van der Waals surface area contributed by atoms with Crippen molar-refractivity contribution in [3.63, 3.8) is 0 Å². The normalized spacial score (nSPS) is 20.9. The Morgan fingerprint density at radius 3 is 2.55 bits per heavy atom. The zero-order valence-electron chi connectivity index (χ0n) is 17.6. The van der Waals surface area contributed by atoms with Crippen molar-refractivity contribution < 1.29 is 14.2 Å². The highest BCUT2D eigenvalue weighted by molar-refractivity contribution is 6.02. The van der Waals surface area contributed by atoms with Gasteiger partial charge in [0.1, 0.15) is 5.75 Å². The fourth-order valence-corrected chi connectivity index (χ4v) is 4.55. The molecule has 0 saturated carbocycles. The molecule has 0 amide bonds. The molecule has 0 radical (unpaired) electrons. The summed E-state index contributed by atoms with van der Waals surface area (Å²) in [5.41, 5.74) is 5.71. The van der Waals surface area contributed by atoms with Crippen molar-refractivity contribution in [2.45, 2.75) is 38.5 Å². The third-order valence-electron chi connectivity index (χ3n) is 6.29. The average molecular weight is 412 g/mol. The molecule has 5 heteroatoms. The Balaban J connectivity index is 1.40. The quantitative estimate of drug-likeness (QED) is 0.547. The van der Waals surface area contributed by atoms with Gasteiger partial charge in [0, 0.05) is 23.1 Å². The van der Waals surface area contributed by atoms with E-state index in [1.54, 1.807) is 0 Å². The van der Waals surface area contributed by atoms with Crippen molar-refractivity contribution in [2.24, 2.45) is 5.10 Å². The van der Waals surface area contributed by atoms with Crippen LogP contribution in [0.3, 0.4) is 0 Å². The van der Waals surface area contributed by atoms with E-state index in [-0.39, 0.29) is 19.1 Å². The molecule has 3 aliphatic rings. The lowest BCUT2D eigenvalue weighted by Gasteiger charge is -2.38. The second-order valence-corrected chi connectivity index (χ2v) is 8.54. The van der Waals surface area contributed by atoms with Gasteiger partial charge in [0.2, 0.25) is 13.0 Å². The highest BCUT2D eigenvalue weighted by atomic mass is 16.7. The summed E-state index contributed by atoms with van der Waals surface area (Å²) in [5, 5.41) is 7.17. The second-order valence-electron chi connectivity index (χ2n) is 8.54. The summed E-state index contributed by atoms with van der Waals surface area (Å²) in [4.78, 5) is 0. The summed E-state index contributed by atoms with van der Waals surface area (Å²) in [5.74, 6) is 3.00. The predicted octanol–water partition coefficient (Wildman–Crippen LogP) is 5.78. The summed E-state index contributed by atoms with van der Waals surface area (Å²) in [6.45, 7) is 4.69. The van der Waals surface area contributed by atoms with Crippen molar-refractivity contribution in [3.8, 4) is 17.2 Å². The molecule has 5 nitrogen and oxygen atoms in total. The average Bonchev–Trinajstić information content (AvgIpc) is 3.45. The molecule has 3 aromatic rings. The number of ether oxygens (including phenoxy) is 3. The van der Waals surface area contributed by atoms with Crippen LogP contribution < -0.4 is 14.2 Å². The summed E-state index contributed by atoms with van der Waals surface area (Å²) in [7, 11) is 0. The van der Waals surface area contributed by atoms with Crippen LogP contribution in [0.15, 0.2) is 71.8 Å². The van der Waals surface area contributed by atoms with E-state index in [9.17, 15) is 0 Å². The lowest BCUT2D eigenvalue weighted by molar-refractivity contribution is -0.0190. The first-order chi connectivity index (χ1) is 15.2. The summed E-state index contributed by atoms with van der Waals surface area (Å²) in [6.07, 6.45) is 0.563. The van der Waals surface area contributed by atoms with Gasteiger partial charge in [-0.25, -0.2) is 5.01 Å². The molecule has 3 aromatic carbocycles. The van der Waals surface area contributed by atoms with E-state index in [0.29, 0.717) is 5.92 Å². The molecule has 0 aliphatic carbocycles. The molecule has 2 atom stereocenters. The van der Waals surface area contributed by atoms with Gasteiger partial charge in [-0.1, -0.05) is 56.3 Å². The minimum absolute atomic E-state index is 0.139. The third-order valence-corrected chi connectivity index (χ3v) is 6.29. The smallest absolute Gasteiger partial charge is 0.231 e. The first-order valence-electron chi connectivity index (χ1n) is 10.8. The predicted molar refractivity (Wildman–Crippen MR) is 119 cm³/mol. The standard InChI is InChI=1S/C26H24N2O3/c1-16(2)17-7-9-18(10-8-17)26-28-22(20-5-3-4-6-23(20)31-26)14-21(27-28)19-11-12-24-25(13-19)30-15-29-24/h3-13,16,22,26H,14-15H2,1-2H3/t22-,26-/m0/s1. The van der Waals surface area contributed by atoms with Crippen LogP contribution in [0.2, 0.25) is 0 Å². The molecule has 3 heterocycles. The van der Waals surface area contributed by atoms with Crippen LogP contribution in [0.1, 0.15) is 60.7 Å². The maximum absolute atomic E-state index is 6.46. The Bertz CT molecular complexity index is 1170. The topological polar surface area (TPSA) is 43.3 Å². The minimum atomic E-state index is -0.257. The first-order valence-corrected chi connectivity index (χ1v) is 10.8. The van der Waals surface area contributed by atoms with Gasteiger partial charge in [0.15, 0.2) is 11.5 Å². The van der Waals surface area contributed by atoms with Gasteiger partial charge in [-0.05, 0) is 35.7 Å². The molecule has 0 bridgehead atoms. The van der Waals surface area contributed by atoms with E-state index in [1.807, 2.05) is 18.2 Å². The van der Waals surface area contributed by atoms with Crippen molar-refractivity contribution >= 4 is 5.71 Å². The van der Waals surface area contributed by atoms with E-state index in [0.717, 1.165) is 40.5 Å². The van der Waals surface area contributed by atoms with Gasteiger partial charge in [0.25, 0.3) is 0 Å². The molecule has 6 rings (SSSR count). The Morgan fingerprint density at radius 2 is 1.71 bits per heavy atom. The lowest BCUT2D eigenvalue weighted by atomic mass is 9.95. The van der Waals surface area contributed by atoms with Crippen LogP contribution in [-0.4, -0.2) is 17.5 Å². The van der Waals surface area contributed by atoms with Crippen LogP contribution >= 0.6 is 0 Å². The zero-order valence-corrected chi connectivity index (χ0v) is 17.6. The molecule has 0 fully saturated rings.